The van der Waals surface area contributed by atoms with E-state index in [-0.39, 0.29) is 61.1 Å². The Balaban J connectivity index is 1.32. The SMILES string of the molecule is CN(C)CC1(COc2nc(N3CC4CCC(C3)N4C(=O)OC(C)(C)C)c3cc(Cl)c(-c4ccc(F)c5sc(N)nc45)c(F)c3n2)CCC1. The fourth-order valence-electron chi connectivity index (χ4n) is 7.51. The van der Waals surface area contributed by atoms with Gasteiger partial charge in [0.2, 0.25) is 0 Å². The standard InChI is InChI=1S/C34H40ClF2N7O3S/c1-33(2,3)47-32(45)44-18-7-8-19(44)15-43(14-18)29-21-13-22(35)24(20-9-10-23(36)28-27(20)39-30(38)48-28)25(37)26(21)40-31(41-29)46-17-34(11-6-12-34)16-42(4)5/h9-10,13,18-19H,6-8,11-12,14-17H2,1-5H3,(H2,38,39). The minimum atomic E-state index is -0.688. The molecular formula is C34H40ClF2N7O3S. The average molecular weight is 700 g/mol. The van der Waals surface area contributed by atoms with Gasteiger partial charge in [0.1, 0.15) is 22.8 Å². The van der Waals surface area contributed by atoms with Crippen LogP contribution in [0.25, 0.3) is 32.2 Å². The molecule has 0 radical (unpaired) electrons. The maximum Gasteiger partial charge on any atom is 0.410 e. The summed E-state index contributed by atoms with van der Waals surface area (Å²) in [6.45, 7) is 7.78. The monoisotopic (exact) mass is 699 g/mol. The van der Waals surface area contributed by atoms with E-state index >= 15 is 4.39 Å². The lowest BCUT2D eigenvalue weighted by Crippen LogP contribution is -2.57. The maximum absolute atomic E-state index is 16.9. The van der Waals surface area contributed by atoms with Gasteiger partial charge in [-0.2, -0.15) is 9.97 Å². The van der Waals surface area contributed by atoms with Crippen molar-refractivity contribution in [3.05, 3.63) is 34.9 Å². The number of benzene rings is 2. The third kappa shape index (κ3) is 5.98. The second-order valence-electron chi connectivity index (χ2n) is 14.7. The van der Waals surface area contributed by atoms with Crippen LogP contribution in [0.5, 0.6) is 6.01 Å². The molecule has 2 bridgehead atoms. The second kappa shape index (κ2) is 12.1. The van der Waals surface area contributed by atoms with E-state index < -0.39 is 17.2 Å². The molecule has 1 aliphatic carbocycles. The molecule has 2 atom stereocenters. The highest BCUT2D eigenvalue weighted by atomic mass is 35.5. The van der Waals surface area contributed by atoms with Crippen molar-refractivity contribution in [2.75, 3.05) is 51.0 Å². The van der Waals surface area contributed by atoms with Crippen molar-refractivity contribution in [1.29, 1.82) is 0 Å². The number of carbonyl (C=O) groups is 1. The summed E-state index contributed by atoms with van der Waals surface area (Å²) >= 11 is 7.86. The van der Waals surface area contributed by atoms with Crippen LogP contribution in [0, 0.1) is 17.0 Å². The van der Waals surface area contributed by atoms with Crippen molar-refractivity contribution in [3.8, 4) is 17.1 Å². The van der Waals surface area contributed by atoms with E-state index in [2.05, 4.69) is 19.8 Å². The molecular weight excluding hydrogens is 660 g/mol. The molecule has 4 heterocycles. The predicted molar refractivity (Wildman–Crippen MR) is 185 cm³/mol. The highest BCUT2D eigenvalue weighted by molar-refractivity contribution is 7.22. The number of ether oxygens (including phenoxy) is 2. The molecule has 2 aromatic carbocycles. The predicted octanol–water partition coefficient (Wildman–Crippen LogP) is 7.12. The summed E-state index contributed by atoms with van der Waals surface area (Å²) in [6.07, 6.45) is 4.47. The first kappa shape index (κ1) is 33.0. The van der Waals surface area contributed by atoms with Gasteiger partial charge in [0.05, 0.1) is 33.9 Å². The van der Waals surface area contributed by atoms with E-state index in [9.17, 15) is 9.18 Å². The number of hydrogen-bond donors (Lipinski definition) is 1. The van der Waals surface area contributed by atoms with E-state index in [1.54, 1.807) is 6.07 Å². The van der Waals surface area contributed by atoms with Crippen LogP contribution in [0.2, 0.25) is 5.02 Å². The van der Waals surface area contributed by atoms with E-state index in [1.165, 1.54) is 12.1 Å². The molecule has 48 heavy (non-hydrogen) atoms. The number of piperazine rings is 1. The molecule has 256 valence electrons. The first-order valence-corrected chi connectivity index (χ1v) is 17.5. The molecule has 2 N–H and O–H groups in total. The number of amides is 1. The van der Waals surface area contributed by atoms with Crippen LogP contribution < -0.4 is 15.4 Å². The Hall–Kier alpha value is -3.55. The summed E-state index contributed by atoms with van der Waals surface area (Å²) in [5.74, 6) is -0.698. The zero-order chi connectivity index (χ0) is 34.1. The fourth-order valence-corrected chi connectivity index (χ4v) is 8.57. The molecule has 1 amide bonds. The topological polar surface area (TPSA) is 110 Å². The van der Waals surface area contributed by atoms with E-state index in [4.69, 9.17) is 31.8 Å². The highest BCUT2D eigenvalue weighted by Gasteiger charge is 2.45. The number of rotatable bonds is 7. The van der Waals surface area contributed by atoms with Crippen LogP contribution >= 0.6 is 22.9 Å². The van der Waals surface area contributed by atoms with Crippen LogP contribution in [0.15, 0.2) is 18.2 Å². The van der Waals surface area contributed by atoms with Crippen molar-refractivity contribution in [3.63, 3.8) is 0 Å². The number of hydrogen-bond acceptors (Lipinski definition) is 10. The van der Waals surface area contributed by atoms with Gasteiger partial charge in [-0.25, -0.2) is 18.6 Å². The minimum Gasteiger partial charge on any atom is -0.463 e. The molecule has 2 unspecified atom stereocenters. The average Bonchev–Trinajstić information content (AvgIpc) is 3.51. The Morgan fingerprint density at radius 3 is 2.46 bits per heavy atom. The second-order valence-corrected chi connectivity index (χ2v) is 16.1. The molecule has 3 aliphatic rings. The van der Waals surface area contributed by atoms with Crippen LogP contribution in [-0.2, 0) is 4.74 Å². The summed E-state index contributed by atoms with van der Waals surface area (Å²) in [4.78, 5) is 33.1. The number of aromatic nitrogens is 3. The van der Waals surface area contributed by atoms with Crippen molar-refractivity contribution in [2.24, 2.45) is 5.41 Å². The van der Waals surface area contributed by atoms with Gasteiger partial charge in [0.25, 0.3) is 0 Å². The molecule has 0 spiro atoms. The number of halogens is 3. The Morgan fingerprint density at radius 1 is 1.12 bits per heavy atom. The molecule has 4 aromatic rings. The minimum absolute atomic E-state index is 0.0336. The third-order valence-corrected chi connectivity index (χ3v) is 10.8. The number of nitrogens with zero attached hydrogens (tertiary/aromatic N) is 6. The number of fused-ring (bicyclic) bond motifs is 4. The Morgan fingerprint density at radius 2 is 1.83 bits per heavy atom. The Labute approximate surface area is 287 Å². The summed E-state index contributed by atoms with van der Waals surface area (Å²) in [7, 11) is 4.08. The van der Waals surface area contributed by atoms with E-state index in [0.717, 1.165) is 50.0 Å². The zero-order valence-electron chi connectivity index (χ0n) is 27.8. The molecule has 1 saturated carbocycles. The normalized spacial score (nSPS) is 20.5. The molecule has 2 aliphatic heterocycles. The van der Waals surface area contributed by atoms with Crippen molar-refractivity contribution in [1.82, 2.24) is 24.8 Å². The van der Waals surface area contributed by atoms with E-state index in [1.807, 2.05) is 39.8 Å². The van der Waals surface area contributed by atoms with Gasteiger partial charge >= 0.3 is 12.1 Å². The van der Waals surface area contributed by atoms with Crippen molar-refractivity contribution < 1.29 is 23.0 Å². The molecule has 3 fully saturated rings. The van der Waals surface area contributed by atoms with E-state index in [0.29, 0.717) is 36.5 Å². The number of carbonyl (C=O) groups excluding carboxylic acids is 1. The van der Waals surface area contributed by atoms with Gasteiger partial charge in [-0.15, -0.1) is 0 Å². The van der Waals surface area contributed by atoms with Crippen LogP contribution in [0.4, 0.5) is 24.5 Å². The molecule has 14 heteroatoms. The molecule has 10 nitrogen and oxygen atoms in total. The van der Waals surface area contributed by atoms with Gasteiger partial charge in [-0.05, 0) is 78.7 Å². The van der Waals surface area contributed by atoms with Crippen molar-refractivity contribution in [2.45, 2.75) is 70.6 Å². The number of thiazole rings is 1. The summed E-state index contributed by atoms with van der Waals surface area (Å²) in [5, 5.41) is 0.686. The van der Waals surface area contributed by atoms with Crippen LogP contribution in [-0.4, -0.2) is 88.9 Å². The summed E-state index contributed by atoms with van der Waals surface area (Å²) < 4.78 is 43.9. The van der Waals surface area contributed by atoms with Crippen LogP contribution in [0.3, 0.4) is 0 Å². The summed E-state index contributed by atoms with van der Waals surface area (Å²) in [6, 6.07) is 4.24. The fraction of sp³-hybridized carbons (Fsp3) is 0.529. The number of nitrogens with two attached hydrogens (primary N) is 1. The molecule has 2 aromatic heterocycles. The first-order valence-electron chi connectivity index (χ1n) is 16.3. The maximum atomic E-state index is 16.9. The lowest BCUT2D eigenvalue weighted by atomic mass is 9.69. The van der Waals surface area contributed by atoms with Crippen LogP contribution in [0.1, 0.15) is 52.9 Å². The van der Waals surface area contributed by atoms with Crippen molar-refractivity contribution >= 4 is 61.1 Å². The summed E-state index contributed by atoms with van der Waals surface area (Å²) in [5.41, 5.74) is 5.92. The third-order valence-electron chi connectivity index (χ3n) is 9.58. The largest absolute Gasteiger partial charge is 0.463 e. The number of anilines is 2. The smallest absolute Gasteiger partial charge is 0.410 e. The van der Waals surface area contributed by atoms with Gasteiger partial charge in [0, 0.05) is 41.6 Å². The quantitative estimate of drug-likeness (QED) is 0.216. The first-order chi connectivity index (χ1) is 22.7. The van der Waals surface area contributed by atoms with Gasteiger partial charge in [0.15, 0.2) is 10.9 Å². The lowest BCUT2D eigenvalue weighted by Gasteiger charge is -2.43. The van der Waals surface area contributed by atoms with Gasteiger partial charge in [-0.1, -0.05) is 29.4 Å². The Bertz CT molecular complexity index is 1900. The Kier molecular flexibility index (Phi) is 8.31. The van der Waals surface area contributed by atoms with Gasteiger partial charge < -0.3 is 25.0 Å². The highest BCUT2D eigenvalue weighted by Crippen LogP contribution is 2.45. The van der Waals surface area contributed by atoms with Gasteiger partial charge in [-0.3, -0.25) is 4.90 Å². The molecule has 2 saturated heterocycles. The molecule has 7 rings (SSSR count). The lowest BCUT2D eigenvalue weighted by molar-refractivity contribution is 0.0122. The zero-order valence-corrected chi connectivity index (χ0v) is 29.4. The number of nitrogen functional groups attached to an aromatic ring is 1.